The quantitative estimate of drug-likeness (QED) is 0.910. The predicted molar refractivity (Wildman–Crippen MR) is 89.0 cm³/mol. The van der Waals surface area contributed by atoms with Crippen molar-refractivity contribution in [2.75, 3.05) is 19.6 Å². The first kappa shape index (κ1) is 14.8. The Hall–Kier alpha value is -2.13. The van der Waals surface area contributed by atoms with Crippen LogP contribution in [0.1, 0.15) is 28.8 Å². The Kier molecular flexibility index (Phi) is 4.54. The van der Waals surface area contributed by atoms with Gasteiger partial charge in [-0.3, -0.25) is 4.79 Å². The second kappa shape index (κ2) is 6.75. The van der Waals surface area contributed by atoms with Gasteiger partial charge in [-0.15, -0.1) is 0 Å². The molecule has 0 radical (unpaired) electrons. The van der Waals surface area contributed by atoms with Gasteiger partial charge >= 0.3 is 0 Å². The fraction of sp³-hybridized carbons (Fsp3) is 0.316. The van der Waals surface area contributed by atoms with Gasteiger partial charge < -0.3 is 10.6 Å². The first-order valence-corrected chi connectivity index (χ1v) is 7.90. The lowest BCUT2D eigenvalue weighted by molar-refractivity contribution is 0.0938. The minimum absolute atomic E-state index is 0.00874. The summed E-state index contributed by atoms with van der Waals surface area (Å²) in [4.78, 5) is 12.3. The Labute approximate surface area is 131 Å². The third-order valence-electron chi connectivity index (χ3n) is 4.57. The summed E-state index contributed by atoms with van der Waals surface area (Å²) >= 11 is 0. The summed E-state index contributed by atoms with van der Waals surface area (Å²) in [6, 6.07) is 20.0. The van der Waals surface area contributed by atoms with Gasteiger partial charge in [0.15, 0.2) is 0 Å². The summed E-state index contributed by atoms with van der Waals surface area (Å²) in [5.74, 6) is 0.00874. The van der Waals surface area contributed by atoms with Crippen LogP contribution in [0.15, 0.2) is 60.7 Å². The van der Waals surface area contributed by atoms with Crippen molar-refractivity contribution < 1.29 is 4.79 Å². The maximum Gasteiger partial charge on any atom is 0.251 e. The number of rotatable bonds is 4. The molecule has 1 amide bonds. The minimum Gasteiger partial charge on any atom is -0.351 e. The third-order valence-corrected chi connectivity index (χ3v) is 4.57. The van der Waals surface area contributed by atoms with Crippen LogP contribution < -0.4 is 10.6 Å². The molecular formula is C19H22N2O. The molecule has 0 unspecified atom stereocenters. The number of amides is 1. The molecule has 3 heteroatoms. The lowest BCUT2D eigenvalue weighted by Crippen LogP contribution is -2.47. The Morgan fingerprint density at radius 3 is 2.18 bits per heavy atom. The van der Waals surface area contributed by atoms with Gasteiger partial charge in [0.2, 0.25) is 0 Å². The molecule has 1 saturated heterocycles. The molecule has 2 aromatic rings. The van der Waals surface area contributed by atoms with Crippen LogP contribution >= 0.6 is 0 Å². The molecule has 22 heavy (non-hydrogen) atoms. The van der Waals surface area contributed by atoms with E-state index in [0.29, 0.717) is 6.54 Å². The fourth-order valence-corrected chi connectivity index (χ4v) is 3.21. The molecule has 0 saturated carbocycles. The average Bonchev–Trinajstić information content (AvgIpc) is 2.62. The first-order chi connectivity index (χ1) is 10.8. The Morgan fingerprint density at radius 2 is 1.55 bits per heavy atom. The smallest absolute Gasteiger partial charge is 0.251 e. The molecule has 0 aliphatic carbocycles. The topological polar surface area (TPSA) is 41.1 Å². The van der Waals surface area contributed by atoms with Gasteiger partial charge in [0.25, 0.3) is 5.91 Å². The average molecular weight is 294 g/mol. The van der Waals surface area contributed by atoms with E-state index in [0.717, 1.165) is 31.5 Å². The van der Waals surface area contributed by atoms with E-state index in [4.69, 9.17) is 0 Å². The second-order valence-corrected chi connectivity index (χ2v) is 5.95. The maximum absolute atomic E-state index is 12.3. The monoisotopic (exact) mass is 294 g/mol. The molecule has 3 nitrogen and oxygen atoms in total. The van der Waals surface area contributed by atoms with Crippen molar-refractivity contribution in [2.24, 2.45) is 0 Å². The van der Waals surface area contributed by atoms with E-state index in [1.54, 1.807) is 0 Å². The molecule has 2 aromatic carbocycles. The molecule has 0 spiro atoms. The molecule has 0 aromatic heterocycles. The van der Waals surface area contributed by atoms with Crippen LogP contribution in [-0.2, 0) is 5.41 Å². The Balaban J connectivity index is 1.75. The number of carbonyl (C=O) groups excluding carboxylic acids is 1. The van der Waals surface area contributed by atoms with Gasteiger partial charge in [-0.25, -0.2) is 0 Å². The molecule has 0 atom stereocenters. The predicted octanol–water partition coefficient (Wildman–Crippen LogP) is 2.74. The van der Waals surface area contributed by atoms with E-state index < -0.39 is 0 Å². The summed E-state index contributed by atoms with van der Waals surface area (Å²) < 4.78 is 0. The lowest BCUT2D eigenvalue weighted by atomic mass is 9.73. The molecule has 114 valence electrons. The summed E-state index contributed by atoms with van der Waals surface area (Å²) in [7, 11) is 0. The van der Waals surface area contributed by atoms with E-state index in [1.165, 1.54) is 5.56 Å². The Bertz CT molecular complexity index is 604. The van der Waals surface area contributed by atoms with Gasteiger partial charge in [0, 0.05) is 17.5 Å². The molecule has 1 fully saturated rings. The van der Waals surface area contributed by atoms with Gasteiger partial charge in [-0.2, -0.15) is 0 Å². The van der Waals surface area contributed by atoms with Gasteiger partial charge in [-0.1, -0.05) is 48.5 Å². The summed E-state index contributed by atoms with van der Waals surface area (Å²) in [6.07, 6.45) is 2.10. The van der Waals surface area contributed by atoms with Crippen molar-refractivity contribution in [1.29, 1.82) is 0 Å². The highest BCUT2D eigenvalue weighted by Gasteiger charge is 2.34. The fourth-order valence-electron chi connectivity index (χ4n) is 3.21. The molecule has 1 heterocycles. The SMILES string of the molecule is O=C(NCC1(c2ccccc2)CCNCC1)c1ccccc1. The van der Waals surface area contributed by atoms with Gasteiger partial charge in [0.05, 0.1) is 0 Å². The third kappa shape index (κ3) is 3.20. The minimum atomic E-state index is 0.00874. The van der Waals surface area contributed by atoms with E-state index in [-0.39, 0.29) is 11.3 Å². The van der Waals surface area contributed by atoms with E-state index in [1.807, 2.05) is 36.4 Å². The van der Waals surface area contributed by atoms with E-state index >= 15 is 0 Å². The normalized spacial score (nSPS) is 16.9. The van der Waals surface area contributed by atoms with Crippen molar-refractivity contribution in [1.82, 2.24) is 10.6 Å². The maximum atomic E-state index is 12.3. The van der Waals surface area contributed by atoms with E-state index in [9.17, 15) is 4.79 Å². The van der Waals surface area contributed by atoms with Crippen LogP contribution in [-0.4, -0.2) is 25.5 Å². The van der Waals surface area contributed by atoms with Crippen LogP contribution in [0.5, 0.6) is 0 Å². The van der Waals surface area contributed by atoms with Crippen LogP contribution in [0.4, 0.5) is 0 Å². The van der Waals surface area contributed by atoms with Crippen molar-refractivity contribution in [2.45, 2.75) is 18.3 Å². The first-order valence-electron chi connectivity index (χ1n) is 7.90. The highest BCUT2D eigenvalue weighted by atomic mass is 16.1. The summed E-state index contributed by atoms with van der Waals surface area (Å²) in [6.45, 7) is 2.68. The largest absolute Gasteiger partial charge is 0.351 e. The number of hydrogen-bond acceptors (Lipinski definition) is 2. The number of benzene rings is 2. The molecule has 2 N–H and O–H groups in total. The van der Waals surface area contributed by atoms with E-state index in [2.05, 4.69) is 34.9 Å². The van der Waals surface area contributed by atoms with Crippen LogP contribution in [0, 0.1) is 0 Å². The van der Waals surface area contributed by atoms with Crippen molar-refractivity contribution >= 4 is 5.91 Å². The van der Waals surface area contributed by atoms with Gasteiger partial charge in [-0.05, 0) is 43.6 Å². The van der Waals surface area contributed by atoms with Crippen molar-refractivity contribution in [3.63, 3.8) is 0 Å². The highest BCUT2D eigenvalue weighted by Crippen LogP contribution is 2.32. The van der Waals surface area contributed by atoms with Crippen molar-refractivity contribution in [3.8, 4) is 0 Å². The molecule has 1 aliphatic rings. The molecule has 3 rings (SSSR count). The van der Waals surface area contributed by atoms with Gasteiger partial charge in [0.1, 0.15) is 0 Å². The second-order valence-electron chi connectivity index (χ2n) is 5.95. The molecule has 0 bridgehead atoms. The zero-order valence-electron chi connectivity index (χ0n) is 12.7. The standard InChI is InChI=1S/C19H22N2O/c22-18(16-7-3-1-4-8-16)21-15-19(11-13-20-14-12-19)17-9-5-2-6-10-17/h1-10,20H,11-15H2,(H,21,22). The van der Waals surface area contributed by atoms with Crippen LogP contribution in [0.25, 0.3) is 0 Å². The summed E-state index contributed by atoms with van der Waals surface area (Å²) in [5.41, 5.74) is 2.08. The number of carbonyl (C=O) groups is 1. The highest BCUT2D eigenvalue weighted by molar-refractivity contribution is 5.94. The van der Waals surface area contributed by atoms with Crippen LogP contribution in [0.2, 0.25) is 0 Å². The molecule has 1 aliphatic heterocycles. The Morgan fingerprint density at radius 1 is 0.955 bits per heavy atom. The number of piperidine rings is 1. The molecular weight excluding hydrogens is 272 g/mol. The van der Waals surface area contributed by atoms with Crippen molar-refractivity contribution in [3.05, 3.63) is 71.8 Å². The number of nitrogens with one attached hydrogen (secondary N) is 2. The lowest BCUT2D eigenvalue weighted by Gasteiger charge is -2.38. The zero-order valence-corrected chi connectivity index (χ0v) is 12.7. The summed E-state index contributed by atoms with van der Waals surface area (Å²) in [5, 5.41) is 6.56. The number of hydrogen-bond donors (Lipinski definition) is 2. The van der Waals surface area contributed by atoms with Crippen LogP contribution in [0.3, 0.4) is 0 Å². The zero-order chi connectivity index (χ0) is 15.3.